The summed E-state index contributed by atoms with van der Waals surface area (Å²) in [5.41, 5.74) is 0.736. The Balaban J connectivity index is 1.88. The molecule has 0 saturated heterocycles. The van der Waals surface area contributed by atoms with E-state index in [-0.39, 0.29) is 12.5 Å². The van der Waals surface area contributed by atoms with E-state index in [4.69, 9.17) is 0 Å². The number of nitrogens with zero attached hydrogens (tertiary/aromatic N) is 1. The predicted molar refractivity (Wildman–Crippen MR) is 75.0 cm³/mol. The van der Waals surface area contributed by atoms with E-state index < -0.39 is 0 Å². The lowest BCUT2D eigenvalue weighted by Gasteiger charge is -2.18. The van der Waals surface area contributed by atoms with Gasteiger partial charge in [0.15, 0.2) is 0 Å². The lowest BCUT2D eigenvalue weighted by molar-refractivity contribution is 0.0928. The van der Waals surface area contributed by atoms with Crippen molar-refractivity contribution < 1.29 is 9.90 Å². The molecule has 4 nitrogen and oxygen atoms in total. The van der Waals surface area contributed by atoms with Gasteiger partial charge in [-0.1, -0.05) is 13.3 Å². The first-order valence-corrected chi connectivity index (χ1v) is 7.30. The number of aliphatic hydroxyl groups is 1. The lowest BCUT2D eigenvalue weighted by Crippen LogP contribution is -2.32. The Labute approximate surface area is 114 Å². The Bertz CT molecular complexity index is 414. The molecule has 19 heavy (non-hydrogen) atoms. The average molecular weight is 264 g/mol. The summed E-state index contributed by atoms with van der Waals surface area (Å²) in [5.74, 6) is 0.799. The van der Waals surface area contributed by atoms with Gasteiger partial charge >= 0.3 is 0 Å². The quantitative estimate of drug-likeness (QED) is 0.826. The third-order valence-corrected chi connectivity index (χ3v) is 4.10. The van der Waals surface area contributed by atoms with Gasteiger partial charge in [0, 0.05) is 25.9 Å². The number of amides is 1. The molecule has 2 atom stereocenters. The Morgan fingerprint density at radius 3 is 3.00 bits per heavy atom. The standard InChI is InChI=1S/C15H24N2O2/c1-2-8-17-9-4-7-14(17)15(19)16-10-12-5-3-6-13(12)11-18/h4,7,9,12-13,18H,2-3,5-6,8,10-11H2,1H3,(H,16,19). The molecule has 0 aromatic carbocycles. The largest absolute Gasteiger partial charge is 0.396 e. The molecule has 1 aromatic rings. The smallest absolute Gasteiger partial charge is 0.267 e. The predicted octanol–water partition coefficient (Wildman–Crippen LogP) is 2.04. The molecule has 2 unspecified atom stereocenters. The van der Waals surface area contributed by atoms with E-state index in [1.807, 2.05) is 22.9 Å². The Kier molecular flexibility index (Phi) is 5.02. The van der Waals surface area contributed by atoms with E-state index in [0.29, 0.717) is 18.4 Å². The second kappa shape index (κ2) is 6.75. The normalized spacial score (nSPS) is 22.6. The SMILES string of the molecule is CCCn1cccc1C(=O)NCC1CCCC1CO. The highest BCUT2D eigenvalue weighted by atomic mass is 16.3. The summed E-state index contributed by atoms with van der Waals surface area (Å²) >= 11 is 0. The van der Waals surface area contributed by atoms with Crippen LogP contribution in [0, 0.1) is 11.8 Å². The van der Waals surface area contributed by atoms with Crippen molar-refractivity contribution in [1.29, 1.82) is 0 Å². The zero-order chi connectivity index (χ0) is 13.7. The first kappa shape index (κ1) is 14.1. The van der Waals surface area contributed by atoms with Crippen LogP contribution in [0.5, 0.6) is 0 Å². The first-order chi connectivity index (χ1) is 9.26. The van der Waals surface area contributed by atoms with Crippen molar-refractivity contribution in [3.8, 4) is 0 Å². The van der Waals surface area contributed by atoms with E-state index in [9.17, 15) is 9.90 Å². The molecule has 0 spiro atoms. The van der Waals surface area contributed by atoms with Crippen LogP contribution < -0.4 is 5.32 Å². The van der Waals surface area contributed by atoms with Crippen LogP contribution in [0.3, 0.4) is 0 Å². The molecular formula is C15H24N2O2. The molecule has 1 fully saturated rings. The lowest BCUT2D eigenvalue weighted by atomic mass is 9.97. The fourth-order valence-electron chi connectivity index (χ4n) is 2.99. The minimum absolute atomic E-state index is 0.00189. The van der Waals surface area contributed by atoms with Gasteiger partial charge < -0.3 is 15.0 Å². The van der Waals surface area contributed by atoms with E-state index in [0.717, 1.165) is 37.9 Å². The molecule has 1 saturated carbocycles. The van der Waals surface area contributed by atoms with E-state index in [1.165, 1.54) is 0 Å². The van der Waals surface area contributed by atoms with Crippen LogP contribution in [0.25, 0.3) is 0 Å². The molecule has 1 aliphatic rings. The van der Waals surface area contributed by atoms with E-state index in [1.54, 1.807) is 0 Å². The van der Waals surface area contributed by atoms with Gasteiger partial charge in [0.25, 0.3) is 5.91 Å². The van der Waals surface area contributed by atoms with Gasteiger partial charge in [-0.05, 0) is 43.2 Å². The fourth-order valence-corrected chi connectivity index (χ4v) is 2.99. The minimum atomic E-state index is 0.00189. The van der Waals surface area contributed by atoms with Crippen LogP contribution in [0.15, 0.2) is 18.3 Å². The monoisotopic (exact) mass is 264 g/mol. The van der Waals surface area contributed by atoms with Crippen molar-refractivity contribution in [2.24, 2.45) is 11.8 Å². The fraction of sp³-hybridized carbons (Fsp3) is 0.667. The van der Waals surface area contributed by atoms with Crippen molar-refractivity contribution in [2.45, 2.75) is 39.2 Å². The molecule has 2 rings (SSSR count). The molecule has 0 bridgehead atoms. The number of carbonyl (C=O) groups excluding carboxylic acids is 1. The van der Waals surface area contributed by atoms with Crippen LogP contribution >= 0.6 is 0 Å². The molecule has 1 amide bonds. The van der Waals surface area contributed by atoms with Crippen LogP contribution in [0.2, 0.25) is 0 Å². The molecule has 1 aromatic heterocycles. The van der Waals surface area contributed by atoms with Gasteiger partial charge in [-0.15, -0.1) is 0 Å². The maximum Gasteiger partial charge on any atom is 0.267 e. The topological polar surface area (TPSA) is 54.3 Å². The van der Waals surface area contributed by atoms with Crippen molar-refractivity contribution >= 4 is 5.91 Å². The van der Waals surface area contributed by atoms with Crippen molar-refractivity contribution in [3.63, 3.8) is 0 Å². The number of hydrogen-bond acceptors (Lipinski definition) is 2. The summed E-state index contributed by atoms with van der Waals surface area (Å²) in [6, 6.07) is 3.78. The number of carbonyl (C=O) groups is 1. The Morgan fingerprint density at radius 1 is 1.47 bits per heavy atom. The summed E-state index contributed by atoms with van der Waals surface area (Å²) in [6.45, 7) is 3.90. The summed E-state index contributed by atoms with van der Waals surface area (Å²) in [4.78, 5) is 12.2. The average Bonchev–Trinajstić information content (AvgIpc) is 3.04. The van der Waals surface area contributed by atoms with Crippen LogP contribution in [-0.4, -0.2) is 28.7 Å². The van der Waals surface area contributed by atoms with Crippen LogP contribution in [-0.2, 0) is 6.54 Å². The summed E-state index contributed by atoms with van der Waals surface area (Å²) in [6.07, 6.45) is 6.33. The molecule has 1 heterocycles. The number of aromatic nitrogens is 1. The highest BCUT2D eigenvalue weighted by molar-refractivity contribution is 5.92. The van der Waals surface area contributed by atoms with Gasteiger partial charge in [-0.2, -0.15) is 0 Å². The van der Waals surface area contributed by atoms with Crippen LogP contribution in [0.1, 0.15) is 43.1 Å². The third-order valence-electron chi connectivity index (χ3n) is 4.10. The second-order valence-corrected chi connectivity index (χ2v) is 5.43. The highest BCUT2D eigenvalue weighted by Gasteiger charge is 2.27. The van der Waals surface area contributed by atoms with Gasteiger partial charge in [0.2, 0.25) is 0 Å². The number of nitrogens with one attached hydrogen (secondary N) is 1. The minimum Gasteiger partial charge on any atom is -0.396 e. The second-order valence-electron chi connectivity index (χ2n) is 5.43. The molecular weight excluding hydrogens is 240 g/mol. The molecule has 4 heteroatoms. The van der Waals surface area contributed by atoms with Gasteiger partial charge in [0.1, 0.15) is 5.69 Å². The molecule has 1 aliphatic carbocycles. The van der Waals surface area contributed by atoms with Gasteiger partial charge in [-0.3, -0.25) is 4.79 Å². The molecule has 0 radical (unpaired) electrons. The highest BCUT2D eigenvalue weighted by Crippen LogP contribution is 2.30. The first-order valence-electron chi connectivity index (χ1n) is 7.30. The Morgan fingerprint density at radius 2 is 2.26 bits per heavy atom. The number of rotatable bonds is 6. The van der Waals surface area contributed by atoms with Gasteiger partial charge in [-0.25, -0.2) is 0 Å². The van der Waals surface area contributed by atoms with Crippen molar-refractivity contribution in [1.82, 2.24) is 9.88 Å². The number of aryl methyl sites for hydroxylation is 1. The van der Waals surface area contributed by atoms with Crippen molar-refractivity contribution in [2.75, 3.05) is 13.2 Å². The summed E-state index contributed by atoms with van der Waals surface area (Å²) in [5, 5.41) is 12.3. The van der Waals surface area contributed by atoms with E-state index in [2.05, 4.69) is 12.2 Å². The number of hydrogen-bond donors (Lipinski definition) is 2. The van der Waals surface area contributed by atoms with Crippen LogP contribution in [0.4, 0.5) is 0 Å². The molecule has 106 valence electrons. The molecule has 0 aliphatic heterocycles. The number of aliphatic hydroxyl groups excluding tert-OH is 1. The van der Waals surface area contributed by atoms with E-state index >= 15 is 0 Å². The summed E-state index contributed by atoms with van der Waals surface area (Å²) in [7, 11) is 0. The maximum absolute atomic E-state index is 12.2. The zero-order valence-electron chi connectivity index (χ0n) is 11.6. The van der Waals surface area contributed by atoms with Crippen molar-refractivity contribution in [3.05, 3.63) is 24.0 Å². The zero-order valence-corrected chi connectivity index (χ0v) is 11.6. The molecule has 2 N–H and O–H groups in total. The van der Waals surface area contributed by atoms with Gasteiger partial charge in [0.05, 0.1) is 0 Å². The Hall–Kier alpha value is -1.29. The summed E-state index contributed by atoms with van der Waals surface area (Å²) < 4.78 is 1.99. The third kappa shape index (κ3) is 3.38. The maximum atomic E-state index is 12.2.